The summed E-state index contributed by atoms with van der Waals surface area (Å²) >= 11 is 0. The van der Waals surface area contributed by atoms with Gasteiger partial charge >= 0.3 is 0 Å². The Morgan fingerprint density at radius 2 is 1.67 bits per heavy atom. The standard InChI is InChI=1S/C29H42N2O2.C3H6O.C2H6.C2H2.CH4/c1-6-25-20(17-31(30-25)21-8-7-9-22(32)14-21)15-29(5)19(3)10-12-23-24-13-11-18(2)28(24,4)16-26(33)27(23)29;1-3(2)4;2*1-2;/h7-9,14,17-19,23-24,26-27,32-33H,6,10-13,15-16H2,1-5H3;1-2H3;1-2H3;1-2H;1H4/t18-,19?,23?,24?,26?,27?,28?,29?;;;;/m1..../s1. The summed E-state index contributed by atoms with van der Waals surface area (Å²) in [5.74, 6) is 3.47. The molecule has 2 N–H and O–H groups in total. The second-order valence-corrected chi connectivity index (χ2v) is 13.0. The van der Waals surface area contributed by atoms with Crippen LogP contribution < -0.4 is 0 Å². The number of hydrogen-bond acceptors (Lipinski definition) is 4. The van der Waals surface area contributed by atoms with Crippen LogP contribution in [-0.2, 0) is 17.6 Å². The molecule has 5 rings (SSSR count). The van der Waals surface area contributed by atoms with Gasteiger partial charge in [0, 0.05) is 12.3 Å². The first-order valence-electron chi connectivity index (χ1n) is 15.8. The molecule has 1 heterocycles. The molecule has 1 aromatic carbocycles. The van der Waals surface area contributed by atoms with Crippen LogP contribution in [0.25, 0.3) is 5.69 Å². The van der Waals surface area contributed by atoms with E-state index >= 15 is 0 Å². The van der Waals surface area contributed by atoms with Gasteiger partial charge in [-0.25, -0.2) is 4.68 Å². The average molecular weight is 581 g/mol. The highest BCUT2D eigenvalue weighted by Gasteiger charge is 2.61. The Labute approximate surface area is 257 Å². The number of aromatic nitrogens is 2. The number of terminal acetylenes is 1. The van der Waals surface area contributed by atoms with E-state index in [4.69, 9.17) is 5.10 Å². The summed E-state index contributed by atoms with van der Waals surface area (Å²) in [5.41, 5.74) is 3.70. The number of hydrogen-bond donors (Lipinski definition) is 2. The quantitative estimate of drug-likeness (QED) is 0.355. The Hall–Kier alpha value is -2.58. The van der Waals surface area contributed by atoms with Gasteiger partial charge in [-0.15, -0.1) is 12.8 Å². The largest absolute Gasteiger partial charge is 0.508 e. The van der Waals surface area contributed by atoms with E-state index in [9.17, 15) is 15.0 Å². The van der Waals surface area contributed by atoms with Crippen LogP contribution in [0.2, 0.25) is 0 Å². The van der Waals surface area contributed by atoms with E-state index in [2.05, 4.69) is 53.7 Å². The van der Waals surface area contributed by atoms with Crippen LogP contribution in [0.4, 0.5) is 0 Å². The summed E-state index contributed by atoms with van der Waals surface area (Å²) in [5, 5.41) is 26.5. The third-order valence-electron chi connectivity index (χ3n) is 10.6. The monoisotopic (exact) mass is 580 g/mol. The van der Waals surface area contributed by atoms with E-state index < -0.39 is 0 Å². The number of Topliss-reactive ketones (excluding diaryl/α,β-unsaturated/α-hetero) is 1. The Morgan fingerprint density at radius 3 is 2.24 bits per heavy atom. The van der Waals surface area contributed by atoms with Crippen molar-refractivity contribution in [3.05, 3.63) is 41.7 Å². The van der Waals surface area contributed by atoms with Crippen molar-refractivity contribution in [2.24, 2.45) is 40.4 Å². The molecule has 2 aromatic rings. The van der Waals surface area contributed by atoms with Gasteiger partial charge in [-0.1, -0.05) is 62.0 Å². The summed E-state index contributed by atoms with van der Waals surface area (Å²) < 4.78 is 1.93. The van der Waals surface area contributed by atoms with Crippen molar-refractivity contribution in [2.75, 3.05) is 0 Å². The van der Waals surface area contributed by atoms with Crippen molar-refractivity contribution in [3.8, 4) is 24.3 Å². The molecule has 7 unspecified atom stereocenters. The maximum Gasteiger partial charge on any atom is 0.126 e. The van der Waals surface area contributed by atoms with Crippen LogP contribution in [0.5, 0.6) is 5.75 Å². The summed E-state index contributed by atoms with van der Waals surface area (Å²) in [6.07, 6.45) is 18.0. The molecule has 236 valence electrons. The van der Waals surface area contributed by atoms with Gasteiger partial charge in [0.15, 0.2) is 0 Å². The van der Waals surface area contributed by atoms with E-state index in [1.807, 2.05) is 30.7 Å². The molecule has 3 aliphatic rings. The van der Waals surface area contributed by atoms with Gasteiger partial charge in [0.2, 0.25) is 0 Å². The number of aryl methyl sites for hydroxylation is 1. The molecule has 0 bridgehead atoms. The normalized spacial score (nSPS) is 32.6. The molecule has 8 atom stereocenters. The molecule has 1 aromatic heterocycles. The van der Waals surface area contributed by atoms with Crippen molar-refractivity contribution < 1.29 is 15.0 Å². The fraction of sp³-hybridized carbons (Fsp3) is 0.676. The van der Waals surface area contributed by atoms with E-state index in [1.165, 1.54) is 45.1 Å². The van der Waals surface area contributed by atoms with E-state index in [0.29, 0.717) is 23.2 Å². The number of benzene rings is 1. The van der Waals surface area contributed by atoms with Gasteiger partial charge in [0.05, 0.1) is 17.5 Å². The molecule has 3 saturated carbocycles. The summed E-state index contributed by atoms with van der Waals surface area (Å²) in [6.45, 7) is 19.0. The summed E-state index contributed by atoms with van der Waals surface area (Å²) in [6, 6.07) is 7.32. The number of phenolic OH excluding ortho intramolecular Hbond substituents is 1. The van der Waals surface area contributed by atoms with Crippen molar-refractivity contribution in [1.29, 1.82) is 0 Å². The maximum absolute atomic E-state index is 11.7. The smallest absolute Gasteiger partial charge is 0.126 e. The molecule has 3 fully saturated rings. The molecule has 0 radical (unpaired) electrons. The van der Waals surface area contributed by atoms with Crippen molar-refractivity contribution in [3.63, 3.8) is 0 Å². The van der Waals surface area contributed by atoms with Gasteiger partial charge in [-0.2, -0.15) is 5.10 Å². The first-order chi connectivity index (χ1) is 19.4. The SMILES string of the molecule is C.C#C.CC.CC(C)=O.CCc1nn(-c2cccc(O)c2)cc1CC1(C)C(C)CCC2C1C(O)CC1(C)C2CC[C@H]1C. The van der Waals surface area contributed by atoms with Gasteiger partial charge in [0.1, 0.15) is 11.5 Å². The number of ketones is 1. The van der Waals surface area contributed by atoms with Crippen molar-refractivity contribution in [1.82, 2.24) is 9.78 Å². The Kier molecular flexibility index (Phi) is 14.1. The van der Waals surface area contributed by atoms with Crippen LogP contribution in [0.1, 0.15) is 113 Å². The number of aliphatic hydroxyl groups excluding tert-OH is 1. The van der Waals surface area contributed by atoms with E-state index in [-0.39, 0.29) is 30.5 Å². The number of aromatic hydroxyl groups is 1. The third-order valence-corrected chi connectivity index (χ3v) is 10.6. The zero-order chi connectivity index (χ0) is 31.1. The average Bonchev–Trinajstić information content (AvgIpc) is 3.47. The number of nitrogens with zero attached hydrogens (tertiary/aromatic N) is 2. The summed E-state index contributed by atoms with van der Waals surface area (Å²) in [7, 11) is 0. The Morgan fingerprint density at radius 1 is 1.07 bits per heavy atom. The summed E-state index contributed by atoms with van der Waals surface area (Å²) in [4.78, 5) is 9.44. The first-order valence-corrected chi connectivity index (χ1v) is 15.8. The first kappa shape index (κ1) is 37.4. The lowest BCUT2D eigenvalue weighted by molar-refractivity contribution is -0.155. The molecule has 5 nitrogen and oxygen atoms in total. The molecule has 0 spiro atoms. The molecule has 42 heavy (non-hydrogen) atoms. The van der Waals surface area contributed by atoms with E-state index in [1.54, 1.807) is 12.1 Å². The van der Waals surface area contributed by atoms with Crippen molar-refractivity contribution in [2.45, 2.75) is 121 Å². The fourth-order valence-electron chi connectivity index (χ4n) is 8.39. The highest BCUT2D eigenvalue weighted by atomic mass is 16.3. The van der Waals surface area contributed by atoms with Crippen LogP contribution in [-0.4, -0.2) is 31.9 Å². The minimum absolute atomic E-state index is 0. The number of rotatable bonds is 4. The lowest BCUT2D eigenvalue weighted by Crippen LogP contribution is -2.57. The highest BCUT2D eigenvalue weighted by Crippen LogP contribution is 2.65. The minimum atomic E-state index is -0.212. The maximum atomic E-state index is 11.7. The Bertz CT molecular complexity index is 1150. The van der Waals surface area contributed by atoms with E-state index in [0.717, 1.165) is 42.5 Å². The van der Waals surface area contributed by atoms with Gasteiger partial charge < -0.3 is 15.0 Å². The van der Waals surface area contributed by atoms with Gasteiger partial charge in [-0.05, 0) is 117 Å². The molecular weight excluding hydrogens is 520 g/mol. The molecule has 0 aliphatic heterocycles. The highest BCUT2D eigenvalue weighted by molar-refractivity contribution is 5.72. The van der Waals surface area contributed by atoms with Crippen molar-refractivity contribution >= 4 is 5.78 Å². The number of phenols is 1. The molecule has 0 saturated heterocycles. The predicted molar refractivity (Wildman–Crippen MR) is 177 cm³/mol. The fourth-order valence-corrected chi connectivity index (χ4v) is 8.39. The number of carbonyl (C=O) groups is 1. The zero-order valence-electron chi connectivity index (χ0n) is 27.2. The van der Waals surface area contributed by atoms with Crippen LogP contribution in [0, 0.1) is 53.3 Å². The molecule has 5 heteroatoms. The lowest BCUT2D eigenvalue weighted by atomic mass is 9.45. The predicted octanol–water partition coefficient (Wildman–Crippen LogP) is 8.68. The zero-order valence-corrected chi connectivity index (χ0v) is 27.2. The van der Waals surface area contributed by atoms with Crippen LogP contribution >= 0.6 is 0 Å². The second-order valence-electron chi connectivity index (χ2n) is 13.0. The van der Waals surface area contributed by atoms with Crippen LogP contribution in [0.3, 0.4) is 0 Å². The number of aliphatic hydroxyl groups is 1. The van der Waals surface area contributed by atoms with Gasteiger partial charge in [-0.3, -0.25) is 0 Å². The lowest BCUT2D eigenvalue weighted by Gasteiger charge is -2.60. The second kappa shape index (κ2) is 15.8. The number of fused-ring (bicyclic) bond motifs is 3. The van der Waals surface area contributed by atoms with Crippen LogP contribution in [0.15, 0.2) is 30.5 Å². The molecule has 3 aliphatic carbocycles. The van der Waals surface area contributed by atoms with Gasteiger partial charge in [0.25, 0.3) is 0 Å². The Balaban J connectivity index is 0.000000890. The number of carbonyl (C=O) groups excluding carboxylic acids is 1. The minimum Gasteiger partial charge on any atom is -0.508 e. The molecular formula is C37H60N2O3. The topological polar surface area (TPSA) is 75.4 Å². The molecule has 0 amide bonds. The third kappa shape index (κ3) is 7.49.